The van der Waals surface area contributed by atoms with Crippen LogP contribution in [-0.4, -0.2) is 40.0 Å². The smallest absolute Gasteiger partial charge is 0.231 e. The van der Waals surface area contributed by atoms with Crippen LogP contribution in [0.2, 0.25) is 0 Å². The maximum atomic E-state index is 13.0. The molecule has 0 aliphatic carbocycles. The van der Waals surface area contributed by atoms with Gasteiger partial charge in [-0.3, -0.25) is 9.59 Å². The third-order valence-electron chi connectivity index (χ3n) is 4.45. The van der Waals surface area contributed by atoms with Crippen molar-refractivity contribution in [3.05, 3.63) is 40.7 Å². The van der Waals surface area contributed by atoms with Crippen molar-refractivity contribution in [3.63, 3.8) is 0 Å². The number of hydrogen-bond donors (Lipinski definition) is 1. The zero-order chi connectivity index (χ0) is 19.4. The molecule has 0 spiro atoms. The lowest BCUT2D eigenvalue weighted by atomic mass is 10.1. The number of anilines is 1. The minimum absolute atomic E-state index is 0.0324. The van der Waals surface area contributed by atoms with E-state index in [1.807, 2.05) is 0 Å². The maximum Gasteiger partial charge on any atom is 0.231 e. The Morgan fingerprint density at radius 3 is 2.78 bits per heavy atom. The van der Waals surface area contributed by atoms with E-state index < -0.39 is 0 Å². The Labute approximate surface area is 161 Å². The van der Waals surface area contributed by atoms with E-state index >= 15 is 0 Å². The molecule has 0 radical (unpaired) electrons. The molecular weight excluding hydrogens is 367 g/mol. The number of benzene rings is 1. The molecule has 0 bridgehead atoms. The van der Waals surface area contributed by atoms with Gasteiger partial charge in [0, 0.05) is 25.9 Å². The molecule has 1 N–H and O–H groups in total. The van der Waals surface area contributed by atoms with Gasteiger partial charge >= 0.3 is 0 Å². The van der Waals surface area contributed by atoms with Crippen molar-refractivity contribution in [3.8, 4) is 0 Å². The van der Waals surface area contributed by atoms with Crippen molar-refractivity contribution in [1.82, 2.24) is 15.1 Å². The normalized spacial score (nSPS) is 17.0. The van der Waals surface area contributed by atoms with E-state index in [0.29, 0.717) is 30.6 Å². The number of halogens is 1. The van der Waals surface area contributed by atoms with Crippen LogP contribution in [0.25, 0.3) is 0 Å². The summed E-state index contributed by atoms with van der Waals surface area (Å²) in [5, 5.41) is 12.2. The van der Waals surface area contributed by atoms with Crippen molar-refractivity contribution >= 4 is 28.3 Å². The van der Waals surface area contributed by atoms with Crippen molar-refractivity contribution < 1.29 is 14.0 Å². The monoisotopic (exact) mass is 390 g/mol. The summed E-state index contributed by atoms with van der Waals surface area (Å²) in [6, 6.07) is 6.24. The molecule has 144 valence electrons. The van der Waals surface area contributed by atoms with Gasteiger partial charge in [0.1, 0.15) is 10.8 Å². The molecule has 2 amide bonds. The van der Waals surface area contributed by atoms with E-state index in [9.17, 15) is 14.0 Å². The van der Waals surface area contributed by atoms with E-state index in [-0.39, 0.29) is 30.0 Å². The number of nitrogens with zero attached hydrogens (tertiary/aromatic N) is 3. The summed E-state index contributed by atoms with van der Waals surface area (Å²) in [5.41, 5.74) is 0.962. The van der Waals surface area contributed by atoms with Gasteiger partial charge in [0.15, 0.2) is 0 Å². The first-order valence-electron chi connectivity index (χ1n) is 9.06. The van der Waals surface area contributed by atoms with E-state index in [1.54, 1.807) is 17.0 Å². The molecule has 1 aromatic carbocycles. The highest BCUT2D eigenvalue weighted by molar-refractivity contribution is 7.15. The van der Waals surface area contributed by atoms with Gasteiger partial charge in [-0.1, -0.05) is 37.3 Å². The number of carbonyl (C=O) groups is 2. The Morgan fingerprint density at radius 2 is 2.07 bits per heavy atom. The van der Waals surface area contributed by atoms with Crippen molar-refractivity contribution in [1.29, 1.82) is 0 Å². The fourth-order valence-corrected chi connectivity index (χ4v) is 3.98. The van der Waals surface area contributed by atoms with Gasteiger partial charge < -0.3 is 10.2 Å². The molecule has 1 aliphatic rings. The number of likely N-dealkylation sites (tertiary alicyclic amines) is 1. The lowest BCUT2D eigenvalue weighted by Gasteiger charge is -2.16. The maximum absolute atomic E-state index is 13.0. The predicted octanol–water partition coefficient (Wildman–Crippen LogP) is 2.91. The second kappa shape index (κ2) is 8.56. The summed E-state index contributed by atoms with van der Waals surface area (Å²) in [6.07, 6.45) is 1.66. The van der Waals surface area contributed by atoms with Gasteiger partial charge in [0.2, 0.25) is 16.9 Å². The Hall–Kier alpha value is -2.35. The van der Waals surface area contributed by atoms with Crippen LogP contribution in [0.15, 0.2) is 24.3 Å². The second-order valence-electron chi connectivity index (χ2n) is 7.21. The summed E-state index contributed by atoms with van der Waals surface area (Å²) in [7, 11) is 0. The average Bonchev–Trinajstić information content (AvgIpc) is 3.20. The van der Waals surface area contributed by atoms with Crippen molar-refractivity contribution in [2.75, 3.05) is 18.4 Å². The van der Waals surface area contributed by atoms with Gasteiger partial charge in [-0.2, -0.15) is 0 Å². The Morgan fingerprint density at radius 1 is 1.33 bits per heavy atom. The number of rotatable bonds is 7. The van der Waals surface area contributed by atoms with Gasteiger partial charge in [-0.25, -0.2) is 4.39 Å². The molecular formula is C19H23FN4O2S. The molecule has 1 saturated heterocycles. The molecule has 1 fully saturated rings. The quantitative estimate of drug-likeness (QED) is 0.789. The molecule has 2 heterocycles. The highest BCUT2D eigenvalue weighted by Crippen LogP contribution is 2.23. The van der Waals surface area contributed by atoms with Crippen LogP contribution in [-0.2, 0) is 22.4 Å². The van der Waals surface area contributed by atoms with E-state index in [2.05, 4.69) is 29.4 Å². The van der Waals surface area contributed by atoms with Crippen LogP contribution in [0, 0.1) is 17.7 Å². The molecule has 8 heteroatoms. The highest BCUT2D eigenvalue weighted by atomic mass is 32.1. The van der Waals surface area contributed by atoms with Gasteiger partial charge in [-0.05, 0) is 30.0 Å². The largest absolute Gasteiger partial charge is 0.342 e. The van der Waals surface area contributed by atoms with Gasteiger partial charge in [-0.15, -0.1) is 10.2 Å². The standard InChI is InChI=1S/C19H23FN4O2S/c1-12(2)9-16-22-23-19(27-16)21-18(26)14-10-17(25)24(11-14)8-7-13-3-5-15(20)6-4-13/h3-6,12,14H,7-11H2,1-2H3,(H,21,23,26). The van der Waals surface area contributed by atoms with E-state index in [1.165, 1.54) is 23.5 Å². The van der Waals surface area contributed by atoms with Crippen LogP contribution < -0.4 is 5.32 Å². The molecule has 1 aromatic heterocycles. The van der Waals surface area contributed by atoms with Crippen molar-refractivity contribution in [2.24, 2.45) is 11.8 Å². The average molecular weight is 390 g/mol. The molecule has 2 aromatic rings. The first kappa shape index (κ1) is 19.4. The van der Waals surface area contributed by atoms with Crippen molar-refractivity contribution in [2.45, 2.75) is 33.1 Å². The summed E-state index contributed by atoms with van der Waals surface area (Å²) < 4.78 is 13.0. The number of carbonyl (C=O) groups excluding carboxylic acids is 2. The number of hydrogen-bond acceptors (Lipinski definition) is 5. The minimum atomic E-state index is -0.386. The highest BCUT2D eigenvalue weighted by Gasteiger charge is 2.34. The molecule has 0 saturated carbocycles. The topological polar surface area (TPSA) is 75.2 Å². The van der Waals surface area contributed by atoms with Crippen LogP contribution in [0.1, 0.15) is 30.8 Å². The zero-order valence-electron chi connectivity index (χ0n) is 15.4. The number of aromatic nitrogens is 2. The van der Waals surface area contributed by atoms with Gasteiger partial charge in [0.25, 0.3) is 0 Å². The molecule has 6 nitrogen and oxygen atoms in total. The fraction of sp³-hybridized carbons (Fsp3) is 0.474. The van der Waals surface area contributed by atoms with Crippen LogP contribution >= 0.6 is 11.3 Å². The Balaban J connectivity index is 1.51. The first-order valence-corrected chi connectivity index (χ1v) is 9.88. The zero-order valence-corrected chi connectivity index (χ0v) is 16.3. The third kappa shape index (κ3) is 5.32. The molecule has 1 aliphatic heterocycles. The summed E-state index contributed by atoms with van der Waals surface area (Å²) in [5.74, 6) is -0.414. The SMILES string of the molecule is CC(C)Cc1nnc(NC(=O)C2CC(=O)N(CCc3ccc(F)cc3)C2)s1. The summed E-state index contributed by atoms with van der Waals surface area (Å²) >= 11 is 1.38. The predicted molar refractivity (Wildman–Crippen MR) is 102 cm³/mol. The van der Waals surface area contributed by atoms with Crippen LogP contribution in [0.4, 0.5) is 9.52 Å². The molecule has 27 heavy (non-hydrogen) atoms. The molecule has 1 unspecified atom stereocenters. The summed E-state index contributed by atoms with van der Waals surface area (Å²) in [6.45, 7) is 5.11. The Kier molecular flexibility index (Phi) is 6.15. The lowest BCUT2D eigenvalue weighted by Crippen LogP contribution is -2.30. The lowest BCUT2D eigenvalue weighted by molar-refractivity contribution is -0.128. The third-order valence-corrected chi connectivity index (χ3v) is 5.31. The molecule has 3 rings (SSSR count). The van der Waals surface area contributed by atoms with Gasteiger partial charge in [0.05, 0.1) is 5.92 Å². The number of nitrogens with one attached hydrogen (secondary N) is 1. The minimum Gasteiger partial charge on any atom is -0.342 e. The number of amides is 2. The first-order chi connectivity index (χ1) is 12.9. The second-order valence-corrected chi connectivity index (χ2v) is 8.27. The van der Waals surface area contributed by atoms with E-state index in [0.717, 1.165) is 17.0 Å². The van der Waals surface area contributed by atoms with E-state index in [4.69, 9.17) is 0 Å². The Bertz CT molecular complexity index is 806. The van der Waals surface area contributed by atoms with Crippen LogP contribution in [0.5, 0.6) is 0 Å². The fourth-order valence-electron chi connectivity index (χ4n) is 3.02. The molecule has 1 atom stereocenters. The summed E-state index contributed by atoms with van der Waals surface area (Å²) in [4.78, 5) is 26.4. The van der Waals surface area contributed by atoms with Crippen LogP contribution in [0.3, 0.4) is 0 Å².